The summed E-state index contributed by atoms with van der Waals surface area (Å²) in [5.74, 6) is -0.584. The molecule has 9 nitrogen and oxygen atoms in total. The number of amides is 1. The Hall–Kier alpha value is -4.51. The van der Waals surface area contributed by atoms with Gasteiger partial charge in [-0.25, -0.2) is 4.39 Å². The van der Waals surface area contributed by atoms with Gasteiger partial charge in [-0.1, -0.05) is 18.2 Å². The molecule has 4 aromatic rings. The molecule has 0 aliphatic heterocycles. The van der Waals surface area contributed by atoms with Crippen LogP contribution in [0.2, 0.25) is 0 Å². The van der Waals surface area contributed by atoms with Crippen LogP contribution in [-0.2, 0) is 23.2 Å². The van der Waals surface area contributed by atoms with Crippen LogP contribution in [0.5, 0.6) is 5.75 Å². The van der Waals surface area contributed by atoms with Crippen LogP contribution >= 0.6 is 0 Å². The van der Waals surface area contributed by atoms with Gasteiger partial charge in [0.1, 0.15) is 22.2 Å². The maximum absolute atomic E-state index is 13.3. The van der Waals surface area contributed by atoms with Gasteiger partial charge in [0.2, 0.25) is 0 Å². The molecular weight excluding hydrogens is 491 g/mol. The summed E-state index contributed by atoms with van der Waals surface area (Å²) in [5.41, 5.74) is 0.425. The maximum atomic E-state index is 13.3. The van der Waals surface area contributed by atoms with Crippen molar-refractivity contribution >= 4 is 21.7 Å². The van der Waals surface area contributed by atoms with E-state index in [1.807, 2.05) is 0 Å². The Morgan fingerprint density at radius 3 is 2.42 bits per heavy atom. The van der Waals surface area contributed by atoms with Gasteiger partial charge in [0.05, 0.1) is 17.7 Å². The van der Waals surface area contributed by atoms with E-state index in [-0.39, 0.29) is 35.0 Å². The molecular formula is C25H19FN2O7S. The molecule has 4 rings (SSSR count). The SMILES string of the molecule is O=C(c1cccc([N+](=O)[O-])c1)N(Cc1cccc(OS(=O)(=O)c2ccc(F)cc2)c1)Cc1ccco1. The average molecular weight is 510 g/mol. The zero-order chi connectivity index (χ0) is 25.7. The maximum Gasteiger partial charge on any atom is 0.339 e. The van der Waals surface area contributed by atoms with Gasteiger partial charge in [-0.2, -0.15) is 8.42 Å². The van der Waals surface area contributed by atoms with Crippen molar-refractivity contribution in [3.05, 3.63) is 124 Å². The number of non-ortho nitro benzene ring substituents is 1. The molecule has 0 unspecified atom stereocenters. The first-order valence-electron chi connectivity index (χ1n) is 10.6. The second-order valence-electron chi connectivity index (χ2n) is 7.69. The van der Waals surface area contributed by atoms with E-state index in [2.05, 4.69) is 0 Å². The molecule has 36 heavy (non-hydrogen) atoms. The van der Waals surface area contributed by atoms with Gasteiger partial charge in [0, 0.05) is 24.2 Å². The molecule has 0 N–H and O–H groups in total. The largest absolute Gasteiger partial charge is 0.467 e. The first-order chi connectivity index (χ1) is 17.2. The van der Waals surface area contributed by atoms with Crippen LogP contribution in [-0.4, -0.2) is 24.1 Å². The predicted molar refractivity (Wildman–Crippen MR) is 126 cm³/mol. The number of nitrogens with zero attached hydrogens (tertiary/aromatic N) is 2. The molecule has 1 heterocycles. The molecule has 3 aromatic carbocycles. The Labute approximate surface area is 205 Å². The van der Waals surface area contributed by atoms with E-state index in [4.69, 9.17) is 8.60 Å². The molecule has 11 heteroatoms. The Kier molecular flexibility index (Phi) is 7.11. The monoisotopic (exact) mass is 510 g/mol. The zero-order valence-electron chi connectivity index (χ0n) is 18.6. The van der Waals surface area contributed by atoms with Crippen molar-refractivity contribution in [2.75, 3.05) is 0 Å². The molecule has 0 aliphatic carbocycles. The third-order valence-corrected chi connectivity index (χ3v) is 6.36. The topological polar surface area (TPSA) is 120 Å². The van der Waals surface area contributed by atoms with Gasteiger partial charge in [-0.15, -0.1) is 0 Å². The van der Waals surface area contributed by atoms with E-state index in [0.717, 1.165) is 24.3 Å². The quantitative estimate of drug-likeness (QED) is 0.178. The van der Waals surface area contributed by atoms with Gasteiger partial charge in [-0.3, -0.25) is 14.9 Å². The van der Waals surface area contributed by atoms with Crippen LogP contribution < -0.4 is 4.18 Å². The third-order valence-electron chi connectivity index (χ3n) is 5.10. The molecule has 184 valence electrons. The van der Waals surface area contributed by atoms with Crippen molar-refractivity contribution in [3.8, 4) is 5.75 Å². The summed E-state index contributed by atoms with van der Waals surface area (Å²) in [6.45, 7) is 0.0868. The second-order valence-corrected chi connectivity index (χ2v) is 9.23. The molecule has 0 atom stereocenters. The van der Waals surface area contributed by atoms with Gasteiger partial charge in [0.15, 0.2) is 0 Å². The molecule has 0 bridgehead atoms. The highest BCUT2D eigenvalue weighted by atomic mass is 32.2. The summed E-state index contributed by atoms with van der Waals surface area (Å²) in [6, 6.07) is 19.1. The summed E-state index contributed by atoms with van der Waals surface area (Å²) >= 11 is 0. The van der Waals surface area contributed by atoms with E-state index >= 15 is 0 Å². The van der Waals surface area contributed by atoms with E-state index < -0.39 is 26.8 Å². The summed E-state index contributed by atoms with van der Waals surface area (Å²) in [4.78, 5) is 25.0. The number of nitro groups is 1. The van der Waals surface area contributed by atoms with Crippen molar-refractivity contribution in [1.29, 1.82) is 0 Å². The van der Waals surface area contributed by atoms with Crippen LogP contribution in [0, 0.1) is 15.9 Å². The number of carbonyl (C=O) groups excluding carboxylic acids is 1. The minimum absolute atomic E-state index is 0.00225. The van der Waals surface area contributed by atoms with Crippen molar-refractivity contribution in [2.24, 2.45) is 0 Å². The number of furan rings is 1. The Bertz CT molecular complexity index is 1490. The fourth-order valence-corrected chi connectivity index (χ4v) is 4.34. The number of rotatable bonds is 9. The molecule has 0 spiro atoms. The molecule has 0 saturated carbocycles. The van der Waals surface area contributed by atoms with Crippen LogP contribution in [0.3, 0.4) is 0 Å². The van der Waals surface area contributed by atoms with Crippen molar-refractivity contribution in [1.82, 2.24) is 4.90 Å². The number of hydrogen-bond donors (Lipinski definition) is 0. The fourth-order valence-electron chi connectivity index (χ4n) is 3.42. The van der Waals surface area contributed by atoms with Crippen LogP contribution in [0.15, 0.2) is 101 Å². The van der Waals surface area contributed by atoms with E-state index in [0.29, 0.717) is 11.3 Å². The molecule has 0 radical (unpaired) electrons. The number of halogens is 1. The summed E-state index contributed by atoms with van der Waals surface area (Å²) < 4.78 is 48.8. The lowest BCUT2D eigenvalue weighted by Crippen LogP contribution is -2.30. The van der Waals surface area contributed by atoms with Gasteiger partial charge >= 0.3 is 10.1 Å². The lowest BCUT2D eigenvalue weighted by molar-refractivity contribution is -0.384. The Morgan fingerprint density at radius 1 is 0.972 bits per heavy atom. The number of benzene rings is 3. The standard InChI is InChI=1S/C25H19FN2O7S/c26-20-9-11-24(12-10-20)36(32,33)35-22-7-1-4-18(14-22)16-27(17-23-8-3-13-34-23)25(29)19-5-2-6-21(15-19)28(30)31/h1-15H,16-17H2. The Balaban J connectivity index is 1.59. The van der Waals surface area contributed by atoms with Crippen molar-refractivity contribution in [2.45, 2.75) is 18.0 Å². The summed E-state index contributed by atoms with van der Waals surface area (Å²) in [6.07, 6.45) is 1.46. The lowest BCUT2D eigenvalue weighted by Gasteiger charge is -2.22. The Morgan fingerprint density at radius 2 is 1.72 bits per heavy atom. The first kappa shape index (κ1) is 24.6. The van der Waals surface area contributed by atoms with Gasteiger partial charge in [0.25, 0.3) is 11.6 Å². The fraction of sp³-hybridized carbons (Fsp3) is 0.0800. The number of hydrogen-bond acceptors (Lipinski definition) is 7. The lowest BCUT2D eigenvalue weighted by atomic mass is 10.1. The van der Waals surface area contributed by atoms with E-state index in [9.17, 15) is 27.7 Å². The molecule has 0 aliphatic rings. The average Bonchev–Trinajstić information content (AvgIpc) is 3.37. The normalized spacial score (nSPS) is 11.1. The molecule has 0 fully saturated rings. The zero-order valence-corrected chi connectivity index (χ0v) is 19.4. The third kappa shape index (κ3) is 5.94. The highest BCUT2D eigenvalue weighted by Crippen LogP contribution is 2.23. The van der Waals surface area contributed by atoms with E-state index in [1.165, 1.54) is 47.6 Å². The minimum atomic E-state index is -4.21. The minimum Gasteiger partial charge on any atom is -0.467 e. The van der Waals surface area contributed by atoms with Crippen LogP contribution in [0.25, 0.3) is 0 Å². The van der Waals surface area contributed by atoms with E-state index in [1.54, 1.807) is 24.3 Å². The molecule has 1 aromatic heterocycles. The summed E-state index contributed by atoms with van der Waals surface area (Å²) in [7, 11) is -4.21. The molecule has 0 saturated heterocycles. The van der Waals surface area contributed by atoms with Crippen molar-refractivity contribution in [3.63, 3.8) is 0 Å². The molecule has 1 amide bonds. The predicted octanol–water partition coefficient (Wildman–Crippen LogP) is 4.94. The first-order valence-corrected chi connectivity index (χ1v) is 12.0. The smallest absolute Gasteiger partial charge is 0.339 e. The second kappa shape index (κ2) is 10.4. The highest BCUT2D eigenvalue weighted by molar-refractivity contribution is 7.87. The number of carbonyl (C=O) groups is 1. The van der Waals surface area contributed by atoms with Crippen molar-refractivity contribution < 1.29 is 31.1 Å². The summed E-state index contributed by atoms with van der Waals surface area (Å²) in [5, 5.41) is 11.1. The highest BCUT2D eigenvalue weighted by Gasteiger charge is 2.21. The van der Waals surface area contributed by atoms with Gasteiger partial charge < -0.3 is 13.5 Å². The van der Waals surface area contributed by atoms with Crippen LogP contribution in [0.1, 0.15) is 21.7 Å². The van der Waals surface area contributed by atoms with Gasteiger partial charge in [-0.05, 0) is 60.2 Å². The van der Waals surface area contributed by atoms with Crippen LogP contribution in [0.4, 0.5) is 10.1 Å². The number of nitro benzene ring substituents is 1.